The van der Waals surface area contributed by atoms with E-state index in [0.29, 0.717) is 16.1 Å². The van der Waals surface area contributed by atoms with Gasteiger partial charge in [0.1, 0.15) is 5.00 Å². The normalized spacial score (nSPS) is 12.4. The first-order chi connectivity index (χ1) is 12.4. The zero-order chi connectivity index (χ0) is 18.8. The number of alkyl carbamates (subject to hydrolysis) is 1. The van der Waals surface area contributed by atoms with Crippen molar-refractivity contribution in [2.75, 3.05) is 12.4 Å². The van der Waals surface area contributed by atoms with Crippen molar-refractivity contribution in [3.05, 3.63) is 50.9 Å². The molecule has 1 aromatic heterocycles. The number of nitrogens with one attached hydrogen (secondary N) is 2. The van der Waals surface area contributed by atoms with E-state index in [-0.39, 0.29) is 5.91 Å². The van der Waals surface area contributed by atoms with Crippen molar-refractivity contribution < 1.29 is 19.1 Å². The predicted molar refractivity (Wildman–Crippen MR) is 100 cm³/mol. The molecule has 0 unspecified atom stereocenters. The number of carbonyl (C=O) groups excluding carboxylic acids is 3. The average molecular weight is 372 g/mol. The second-order valence-electron chi connectivity index (χ2n) is 6.28. The van der Waals surface area contributed by atoms with E-state index in [1.165, 1.54) is 18.4 Å². The monoisotopic (exact) mass is 372 g/mol. The van der Waals surface area contributed by atoms with Crippen molar-refractivity contribution in [2.45, 2.75) is 33.1 Å². The van der Waals surface area contributed by atoms with Crippen LogP contribution >= 0.6 is 11.3 Å². The Labute approximate surface area is 155 Å². The summed E-state index contributed by atoms with van der Waals surface area (Å²) >= 11 is 1.40. The average Bonchev–Trinajstić information content (AvgIpc) is 3.14. The Bertz CT molecular complexity index is 901. The van der Waals surface area contributed by atoms with Crippen molar-refractivity contribution >= 4 is 34.2 Å². The number of anilines is 1. The fraction of sp³-hybridized carbons (Fsp3) is 0.316. The standard InChI is InChI=1S/C19H20N2O4S/c1-10-7-8-12(11(2)9-10)16(22)20-18-15(17(23)21-19(24)25-3)13-5-4-6-14(13)26-18/h7-9H,4-6H2,1-3H3,(H,20,22)(H,21,23,24). The molecule has 0 bridgehead atoms. The Hall–Kier alpha value is -2.67. The van der Waals surface area contributed by atoms with Gasteiger partial charge in [-0.1, -0.05) is 17.7 Å². The van der Waals surface area contributed by atoms with Gasteiger partial charge < -0.3 is 10.1 Å². The summed E-state index contributed by atoms with van der Waals surface area (Å²) in [5.74, 6) is -0.818. The van der Waals surface area contributed by atoms with Gasteiger partial charge in [-0.05, 0) is 50.3 Å². The summed E-state index contributed by atoms with van der Waals surface area (Å²) in [5.41, 5.74) is 3.78. The highest BCUT2D eigenvalue weighted by atomic mass is 32.1. The maximum atomic E-state index is 12.7. The molecule has 26 heavy (non-hydrogen) atoms. The lowest BCUT2D eigenvalue weighted by molar-refractivity contribution is 0.0937. The molecule has 1 aromatic carbocycles. The zero-order valence-corrected chi connectivity index (χ0v) is 15.7. The predicted octanol–water partition coefficient (Wildman–Crippen LogP) is 3.60. The first kappa shape index (κ1) is 18.1. The Kier molecular flexibility index (Phi) is 5.08. The number of hydrogen-bond acceptors (Lipinski definition) is 5. The van der Waals surface area contributed by atoms with E-state index >= 15 is 0 Å². The molecule has 0 saturated heterocycles. The molecular weight excluding hydrogens is 352 g/mol. The van der Waals surface area contributed by atoms with Crippen molar-refractivity contribution in [2.24, 2.45) is 0 Å². The van der Waals surface area contributed by atoms with E-state index in [4.69, 9.17) is 0 Å². The highest BCUT2D eigenvalue weighted by molar-refractivity contribution is 7.17. The van der Waals surface area contributed by atoms with Crippen LogP contribution < -0.4 is 10.6 Å². The van der Waals surface area contributed by atoms with Gasteiger partial charge in [-0.25, -0.2) is 4.79 Å². The molecule has 6 nitrogen and oxygen atoms in total. The summed E-state index contributed by atoms with van der Waals surface area (Å²) in [6.45, 7) is 3.84. The van der Waals surface area contributed by atoms with E-state index in [0.717, 1.165) is 40.8 Å². The van der Waals surface area contributed by atoms with Gasteiger partial charge in [0.05, 0.1) is 12.7 Å². The molecule has 2 N–H and O–H groups in total. The lowest BCUT2D eigenvalue weighted by atomic mass is 10.1. The van der Waals surface area contributed by atoms with Gasteiger partial charge in [-0.3, -0.25) is 14.9 Å². The molecule has 0 atom stereocenters. The highest BCUT2D eigenvalue weighted by Gasteiger charge is 2.28. The van der Waals surface area contributed by atoms with Crippen LogP contribution in [0.5, 0.6) is 0 Å². The molecule has 0 radical (unpaired) electrons. The molecule has 1 aliphatic carbocycles. The van der Waals surface area contributed by atoms with Crippen LogP contribution in [0.25, 0.3) is 0 Å². The van der Waals surface area contributed by atoms with Crippen LogP contribution in [0.15, 0.2) is 18.2 Å². The molecular formula is C19H20N2O4S. The third-order valence-electron chi connectivity index (χ3n) is 4.40. The van der Waals surface area contributed by atoms with Crippen LogP contribution in [0.1, 0.15) is 48.7 Å². The highest BCUT2D eigenvalue weighted by Crippen LogP contribution is 2.39. The second-order valence-corrected chi connectivity index (χ2v) is 7.38. The first-order valence-electron chi connectivity index (χ1n) is 8.33. The molecule has 0 aliphatic heterocycles. The van der Waals surface area contributed by atoms with Crippen molar-refractivity contribution in [3.63, 3.8) is 0 Å². The molecule has 3 amide bonds. The molecule has 0 spiro atoms. The molecule has 0 fully saturated rings. The third-order valence-corrected chi connectivity index (χ3v) is 5.61. The van der Waals surface area contributed by atoms with Gasteiger partial charge >= 0.3 is 6.09 Å². The number of methoxy groups -OCH3 is 1. The second kappa shape index (κ2) is 7.29. The van der Waals surface area contributed by atoms with Crippen LogP contribution in [0.2, 0.25) is 0 Å². The first-order valence-corrected chi connectivity index (χ1v) is 9.14. The number of fused-ring (bicyclic) bond motifs is 1. The Morgan fingerprint density at radius 2 is 1.88 bits per heavy atom. The van der Waals surface area contributed by atoms with Gasteiger partial charge in [-0.15, -0.1) is 11.3 Å². The molecule has 1 heterocycles. The number of benzene rings is 1. The largest absolute Gasteiger partial charge is 0.453 e. The summed E-state index contributed by atoms with van der Waals surface area (Å²) in [6, 6.07) is 5.59. The fourth-order valence-electron chi connectivity index (χ4n) is 3.18. The fourth-order valence-corrected chi connectivity index (χ4v) is 4.46. The smallest absolute Gasteiger partial charge is 0.413 e. The SMILES string of the molecule is COC(=O)NC(=O)c1c(NC(=O)c2ccc(C)cc2C)sc2c1CCC2. The number of ether oxygens (including phenoxy) is 1. The Morgan fingerprint density at radius 3 is 2.58 bits per heavy atom. The molecule has 7 heteroatoms. The third kappa shape index (κ3) is 3.48. The number of carbonyl (C=O) groups is 3. The summed E-state index contributed by atoms with van der Waals surface area (Å²) in [5, 5.41) is 5.52. The Morgan fingerprint density at radius 1 is 1.12 bits per heavy atom. The van der Waals surface area contributed by atoms with Crippen LogP contribution in [-0.4, -0.2) is 25.0 Å². The number of hydrogen-bond donors (Lipinski definition) is 2. The van der Waals surface area contributed by atoms with E-state index in [9.17, 15) is 14.4 Å². The van der Waals surface area contributed by atoms with Gasteiger partial charge in [0, 0.05) is 10.4 Å². The minimum absolute atomic E-state index is 0.269. The summed E-state index contributed by atoms with van der Waals surface area (Å²) in [7, 11) is 1.20. The Balaban J connectivity index is 1.91. The number of thiophene rings is 1. The number of aryl methyl sites for hydroxylation is 3. The number of amides is 3. The minimum atomic E-state index is -0.820. The summed E-state index contributed by atoms with van der Waals surface area (Å²) in [6.07, 6.45) is 1.78. The zero-order valence-electron chi connectivity index (χ0n) is 14.9. The van der Waals surface area contributed by atoms with Gasteiger partial charge in [0.25, 0.3) is 11.8 Å². The number of imide groups is 1. The maximum Gasteiger partial charge on any atom is 0.413 e. The number of rotatable bonds is 3. The molecule has 3 rings (SSSR count). The minimum Gasteiger partial charge on any atom is -0.453 e. The van der Waals surface area contributed by atoms with Gasteiger partial charge in [0.2, 0.25) is 0 Å². The van der Waals surface area contributed by atoms with Crippen LogP contribution in [0, 0.1) is 13.8 Å². The lowest BCUT2D eigenvalue weighted by Crippen LogP contribution is -2.31. The van der Waals surface area contributed by atoms with Crippen LogP contribution in [0.4, 0.5) is 9.80 Å². The van der Waals surface area contributed by atoms with Gasteiger partial charge in [-0.2, -0.15) is 0 Å². The molecule has 136 valence electrons. The van der Waals surface area contributed by atoms with Crippen LogP contribution in [0.3, 0.4) is 0 Å². The topological polar surface area (TPSA) is 84.5 Å². The van der Waals surface area contributed by atoms with Crippen molar-refractivity contribution in [3.8, 4) is 0 Å². The maximum absolute atomic E-state index is 12.7. The van der Waals surface area contributed by atoms with E-state index in [1.54, 1.807) is 6.07 Å². The summed E-state index contributed by atoms with van der Waals surface area (Å²) < 4.78 is 4.50. The van der Waals surface area contributed by atoms with Gasteiger partial charge in [0.15, 0.2) is 0 Å². The molecule has 1 aliphatic rings. The quantitative estimate of drug-likeness (QED) is 0.862. The summed E-state index contributed by atoms with van der Waals surface area (Å²) in [4.78, 5) is 37.7. The van der Waals surface area contributed by atoms with E-state index < -0.39 is 12.0 Å². The van der Waals surface area contributed by atoms with Crippen LogP contribution in [-0.2, 0) is 17.6 Å². The van der Waals surface area contributed by atoms with E-state index in [1.807, 2.05) is 26.0 Å². The van der Waals surface area contributed by atoms with Crippen molar-refractivity contribution in [1.82, 2.24) is 5.32 Å². The molecule has 0 saturated carbocycles. The molecule has 2 aromatic rings. The van der Waals surface area contributed by atoms with E-state index in [2.05, 4.69) is 15.4 Å². The van der Waals surface area contributed by atoms with Crippen molar-refractivity contribution in [1.29, 1.82) is 0 Å². The lowest BCUT2D eigenvalue weighted by Gasteiger charge is -2.10.